The molecule has 0 saturated heterocycles. The first-order chi connectivity index (χ1) is 9.69. The standard InChI is InChI=1S/C15H16BrClN2O/c1-2-5-18-8-11-3-4-15(14(17)6-11)20-13-7-12(16)9-19-10-13/h3-4,6-7,9-10,18H,2,5,8H2,1H3. The topological polar surface area (TPSA) is 34.1 Å². The largest absolute Gasteiger partial charge is 0.454 e. The molecular formula is C15H16BrClN2O. The summed E-state index contributed by atoms with van der Waals surface area (Å²) in [6, 6.07) is 7.66. The molecule has 0 fully saturated rings. The zero-order valence-electron chi connectivity index (χ0n) is 11.2. The third kappa shape index (κ3) is 4.47. The third-order valence-electron chi connectivity index (χ3n) is 2.66. The first kappa shape index (κ1) is 15.3. The Morgan fingerprint density at radius 1 is 1.30 bits per heavy atom. The van der Waals surface area contributed by atoms with Crippen LogP contribution >= 0.6 is 27.5 Å². The van der Waals surface area contributed by atoms with Crippen molar-refractivity contribution in [2.75, 3.05) is 6.54 Å². The van der Waals surface area contributed by atoms with Crippen LogP contribution in [0.15, 0.2) is 41.1 Å². The van der Waals surface area contributed by atoms with Crippen molar-refractivity contribution >= 4 is 27.5 Å². The number of pyridine rings is 1. The normalized spacial score (nSPS) is 10.6. The van der Waals surface area contributed by atoms with Gasteiger partial charge in [-0.25, -0.2) is 0 Å². The molecule has 5 heteroatoms. The SMILES string of the molecule is CCCNCc1ccc(Oc2cncc(Br)c2)c(Cl)c1. The Bertz CT molecular complexity index is 578. The number of aromatic nitrogens is 1. The number of benzene rings is 1. The maximum atomic E-state index is 6.25. The van der Waals surface area contributed by atoms with Gasteiger partial charge in [0.05, 0.1) is 11.2 Å². The fourth-order valence-electron chi connectivity index (χ4n) is 1.72. The Labute approximate surface area is 132 Å². The van der Waals surface area contributed by atoms with Gasteiger partial charge in [-0.15, -0.1) is 0 Å². The summed E-state index contributed by atoms with van der Waals surface area (Å²) < 4.78 is 6.59. The molecule has 0 spiro atoms. The van der Waals surface area contributed by atoms with Crippen molar-refractivity contribution in [2.45, 2.75) is 19.9 Å². The van der Waals surface area contributed by atoms with E-state index in [4.69, 9.17) is 16.3 Å². The van der Waals surface area contributed by atoms with Gasteiger partial charge in [-0.3, -0.25) is 4.98 Å². The first-order valence-electron chi connectivity index (χ1n) is 6.46. The van der Waals surface area contributed by atoms with Crippen LogP contribution in [-0.2, 0) is 6.54 Å². The maximum Gasteiger partial charge on any atom is 0.146 e. The quantitative estimate of drug-likeness (QED) is 0.757. The summed E-state index contributed by atoms with van der Waals surface area (Å²) in [6.07, 6.45) is 4.47. The molecule has 0 radical (unpaired) electrons. The summed E-state index contributed by atoms with van der Waals surface area (Å²) in [7, 11) is 0. The summed E-state index contributed by atoms with van der Waals surface area (Å²) >= 11 is 9.60. The van der Waals surface area contributed by atoms with Gasteiger partial charge in [-0.2, -0.15) is 0 Å². The molecule has 2 aromatic rings. The van der Waals surface area contributed by atoms with Gasteiger partial charge in [0.2, 0.25) is 0 Å². The van der Waals surface area contributed by atoms with Crippen LogP contribution in [0.25, 0.3) is 0 Å². The lowest BCUT2D eigenvalue weighted by Crippen LogP contribution is -2.13. The molecule has 0 aliphatic rings. The molecule has 0 saturated carbocycles. The van der Waals surface area contributed by atoms with Gasteiger partial charge in [0.15, 0.2) is 0 Å². The molecule has 0 unspecified atom stereocenters. The molecule has 0 atom stereocenters. The van der Waals surface area contributed by atoms with Crippen LogP contribution in [-0.4, -0.2) is 11.5 Å². The summed E-state index contributed by atoms with van der Waals surface area (Å²) in [5.74, 6) is 1.28. The Morgan fingerprint density at radius 2 is 2.15 bits per heavy atom. The molecule has 0 aliphatic heterocycles. The molecule has 0 amide bonds. The number of hydrogen-bond donors (Lipinski definition) is 1. The fraction of sp³-hybridized carbons (Fsp3) is 0.267. The molecule has 1 aromatic heterocycles. The lowest BCUT2D eigenvalue weighted by atomic mass is 10.2. The van der Waals surface area contributed by atoms with E-state index in [0.29, 0.717) is 16.5 Å². The van der Waals surface area contributed by atoms with Gasteiger partial charge in [0.1, 0.15) is 11.5 Å². The van der Waals surface area contributed by atoms with E-state index in [-0.39, 0.29) is 0 Å². The van der Waals surface area contributed by atoms with Crippen molar-refractivity contribution in [3.05, 3.63) is 51.7 Å². The number of nitrogens with zero attached hydrogens (tertiary/aromatic N) is 1. The van der Waals surface area contributed by atoms with Crippen LogP contribution in [0.5, 0.6) is 11.5 Å². The highest BCUT2D eigenvalue weighted by Gasteiger charge is 2.05. The van der Waals surface area contributed by atoms with Crippen LogP contribution in [0.1, 0.15) is 18.9 Å². The summed E-state index contributed by atoms with van der Waals surface area (Å²) in [6.45, 7) is 3.95. The minimum atomic E-state index is 0.598. The number of hydrogen-bond acceptors (Lipinski definition) is 3. The predicted octanol–water partition coefficient (Wildman–Crippen LogP) is 4.79. The molecular weight excluding hydrogens is 340 g/mol. The number of halogens is 2. The van der Waals surface area contributed by atoms with E-state index in [1.54, 1.807) is 12.4 Å². The molecule has 1 heterocycles. The van der Waals surface area contributed by atoms with Crippen molar-refractivity contribution in [2.24, 2.45) is 0 Å². The van der Waals surface area contributed by atoms with E-state index in [1.165, 1.54) is 0 Å². The summed E-state index contributed by atoms with van der Waals surface area (Å²) in [5.41, 5.74) is 1.14. The maximum absolute atomic E-state index is 6.25. The van der Waals surface area contributed by atoms with E-state index >= 15 is 0 Å². The van der Waals surface area contributed by atoms with Crippen LogP contribution in [0.3, 0.4) is 0 Å². The molecule has 20 heavy (non-hydrogen) atoms. The molecule has 1 aromatic carbocycles. The van der Waals surface area contributed by atoms with Crippen LogP contribution in [0, 0.1) is 0 Å². The third-order valence-corrected chi connectivity index (χ3v) is 3.39. The van der Waals surface area contributed by atoms with E-state index in [1.807, 2.05) is 24.3 Å². The van der Waals surface area contributed by atoms with Gasteiger partial charge in [0, 0.05) is 17.2 Å². The number of nitrogens with one attached hydrogen (secondary N) is 1. The molecule has 106 valence electrons. The lowest BCUT2D eigenvalue weighted by molar-refractivity contribution is 0.480. The zero-order chi connectivity index (χ0) is 14.4. The molecule has 0 bridgehead atoms. The van der Waals surface area contributed by atoms with Crippen LogP contribution < -0.4 is 10.1 Å². The van der Waals surface area contributed by atoms with Gasteiger partial charge in [0.25, 0.3) is 0 Å². The van der Waals surface area contributed by atoms with Gasteiger partial charge >= 0.3 is 0 Å². The van der Waals surface area contributed by atoms with E-state index in [2.05, 4.69) is 33.2 Å². The van der Waals surface area contributed by atoms with Crippen LogP contribution in [0.4, 0.5) is 0 Å². The summed E-state index contributed by atoms with van der Waals surface area (Å²) in [5, 5.41) is 3.94. The Hall–Kier alpha value is -1.10. The van der Waals surface area contributed by atoms with Crippen molar-refractivity contribution in [1.82, 2.24) is 10.3 Å². The van der Waals surface area contributed by atoms with E-state index in [9.17, 15) is 0 Å². The highest BCUT2D eigenvalue weighted by Crippen LogP contribution is 2.30. The minimum Gasteiger partial charge on any atom is -0.454 e. The zero-order valence-corrected chi connectivity index (χ0v) is 13.5. The lowest BCUT2D eigenvalue weighted by Gasteiger charge is -2.09. The average molecular weight is 356 g/mol. The van der Waals surface area contributed by atoms with Crippen molar-refractivity contribution in [3.8, 4) is 11.5 Å². The van der Waals surface area contributed by atoms with Gasteiger partial charge in [-0.1, -0.05) is 24.6 Å². The highest BCUT2D eigenvalue weighted by atomic mass is 79.9. The Kier molecular flexibility index (Phi) is 5.83. The Balaban J connectivity index is 2.06. The van der Waals surface area contributed by atoms with Crippen molar-refractivity contribution < 1.29 is 4.74 Å². The second kappa shape index (κ2) is 7.62. The average Bonchev–Trinajstić information content (AvgIpc) is 2.42. The predicted molar refractivity (Wildman–Crippen MR) is 85.5 cm³/mol. The highest BCUT2D eigenvalue weighted by molar-refractivity contribution is 9.10. The van der Waals surface area contributed by atoms with Gasteiger partial charge < -0.3 is 10.1 Å². The molecule has 0 aliphatic carbocycles. The van der Waals surface area contributed by atoms with Gasteiger partial charge in [-0.05, 0) is 52.7 Å². The number of ether oxygens (including phenoxy) is 1. The monoisotopic (exact) mass is 354 g/mol. The van der Waals surface area contributed by atoms with Crippen molar-refractivity contribution in [3.63, 3.8) is 0 Å². The Morgan fingerprint density at radius 3 is 2.85 bits per heavy atom. The fourth-order valence-corrected chi connectivity index (χ4v) is 2.31. The molecule has 3 nitrogen and oxygen atoms in total. The summed E-state index contributed by atoms with van der Waals surface area (Å²) in [4.78, 5) is 4.05. The van der Waals surface area contributed by atoms with Crippen LogP contribution in [0.2, 0.25) is 5.02 Å². The van der Waals surface area contributed by atoms with E-state index < -0.39 is 0 Å². The van der Waals surface area contributed by atoms with E-state index in [0.717, 1.165) is 29.5 Å². The molecule has 1 N–H and O–H groups in total. The first-order valence-corrected chi connectivity index (χ1v) is 7.63. The molecule has 2 rings (SSSR count). The second-order valence-electron chi connectivity index (χ2n) is 4.38. The number of rotatable bonds is 6. The van der Waals surface area contributed by atoms with Crippen molar-refractivity contribution in [1.29, 1.82) is 0 Å². The minimum absolute atomic E-state index is 0.598. The second-order valence-corrected chi connectivity index (χ2v) is 5.71. The smallest absolute Gasteiger partial charge is 0.146 e.